The molecule has 84 valence electrons. The number of carbonyl (C=O) groups excluding carboxylic acids is 1. The summed E-state index contributed by atoms with van der Waals surface area (Å²) in [4.78, 5) is 10.6. The maximum Gasteiger partial charge on any atom is 0.428 e. The van der Waals surface area contributed by atoms with E-state index in [-0.39, 0.29) is 0 Å². The fourth-order valence-electron chi connectivity index (χ4n) is 0.440. The molecule has 0 amide bonds. The Labute approximate surface area is 79.8 Å². The highest BCUT2D eigenvalue weighted by Gasteiger charge is 2.49. The topological polar surface area (TPSA) is 83.5 Å². The second-order valence-electron chi connectivity index (χ2n) is 3.47. The lowest BCUT2D eigenvalue weighted by Crippen LogP contribution is -2.42. The lowest BCUT2D eigenvalue weighted by atomic mass is 10.2. The highest BCUT2D eigenvalue weighted by Crippen LogP contribution is 2.24. The molecule has 0 aliphatic rings. The minimum Gasteiger partial charge on any atom is -0.743 e. The zero-order chi connectivity index (χ0) is 11.8. The van der Waals surface area contributed by atoms with E-state index < -0.39 is 26.9 Å². The van der Waals surface area contributed by atoms with Crippen LogP contribution in [0.1, 0.15) is 20.8 Å². The van der Waals surface area contributed by atoms with Gasteiger partial charge in [-0.05, 0) is 20.8 Å². The van der Waals surface area contributed by atoms with E-state index in [9.17, 15) is 26.5 Å². The lowest BCUT2D eigenvalue weighted by Gasteiger charge is -2.24. The molecule has 0 rings (SSSR count). The van der Waals surface area contributed by atoms with E-state index in [0.29, 0.717) is 0 Å². The van der Waals surface area contributed by atoms with Crippen molar-refractivity contribution in [1.29, 1.82) is 0 Å². The molecule has 0 spiro atoms. The van der Waals surface area contributed by atoms with Crippen molar-refractivity contribution in [3.8, 4) is 0 Å². The molecule has 0 aliphatic heterocycles. The Balaban J connectivity index is 4.89. The minimum absolute atomic E-state index is 1.26. The van der Waals surface area contributed by atoms with E-state index >= 15 is 0 Å². The predicted octanol–water partition coefficient (Wildman–Crippen LogP) is 0.466. The van der Waals surface area contributed by atoms with E-state index in [2.05, 4.69) is 4.74 Å². The zero-order valence-corrected chi connectivity index (χ0v) is 8.52. The number of hydrogen-bond donors (Lipinski definition) is 0. The number of carbonyl (C=O) groups is 1. The molecule has 0 aromatic rings. The van der Waals surface area contributed by atoms with Crippen LogP contribution in [0.2, 0.25) is 0 Å². The third kappa shape index (κ3) is 3.18. The van der Waals surface area contributed by atoms with Gasteiger partial charge in [0.15, 0.2) is 10.1 Å². The van der Waals surface area contributed by atoms with E-state index in [4.69, 9.17) is 0 Å². The Bertz CT molecular complexity index is 327. The summed E-state index contributed by atoms with van der Waals surface area (Å²) in [7, 11) is -6.03. The van der Waals surface area contributed by atoms with Crippen LogP contribution in [-0.4, -0.2) is 29.8 Å². The van der Waals surface area contributed by atoms with Crippen LogP contribution in [0.5, 0.6) is 0 Å². The monoisotopic (exact) mass is 231 g/mol. The fraction of sp³-hybridized carbons (Fsp3) is 0.833. The Morgan fingerprint density at radius 3 is 1.86 bits per heavy atom. The molecular weight excluding hydrogens is 222 g/mol. The number of halogens is 2. The average Bonchev–Trinajstić information content (AvgIpc) is 1.80. The summed E-state index contributed by atoms with van der Waals surface area (Å²) in [6, 6.07) is 0. The van der Waals surface area contributed by atoms with Crippen LogP contribution in [0.15, 0.2) is 0 Å². The van der Waals surface area contributed by atoms with Crippen molar-refractivity contribution in [1.82, 2.24) is 0 Å². The summed E-state index contributed by atoms with van der Waals surface area (Å²) in [5.41, 5.74) is -1.29. The van der Waals surface area contributed by atoms with Gasteiger partial charge in [0.25, 0.3) is 0 Å². The van der Waals surface area contributed by atoms with Gasteiger partial charge in [-0.15, -0.1) is 0 Å². The molecule has 14 heavy (non-hydrogen) atoms. The molecule has 0 aromatic heterocycles. The molecule has 0 aliphatic carbocycles. The Hall–Kier alpha value is -0.760. The molecule has 5 nitrogen and oxygen atoms in total. The first-order valence-electron chi connectivity index (χ1n) is 3.44. The number of hydrogen-bond acceptors (Lipinski definition) is 5. The van der Waals surface area contributed by atoms with Gasteiger partial charge >= 0.3 is 11.2 Å². The Morgan fingerprint density at radius 2 is 1.64 bits per heavy atom. The number of esters is 1. The third-order valence-electron chi connectivity index (χ3n) is 0.951. The Morgan fingerprint density at radius 1 is 1.29 bits per heavy atom. The number of ether oxygens (including phenoxy) is 1. The van der Waals surface area contributed by atoms with Crippen molar-refractivity contribution in [3.63, 3.8) is 0 Å². The molecule has 8 heteroatoms. The first kappa shape index (κ1) is 13.2. The summed E-state index contributed by atoms with van der Waals surface area (Å²) in [6.07, 6.45) is 0. The summed E-state index contributed by atoms with van der Waals surface area (Å²) < 4.78 is 58.9. The molecule has 0 unspecified atom stereocenters. The summed E-state index contributed by atoms with van der Waals surface area (Å²) in [5.74, 6) is -2.36. The zero-order valence-electron chi connectivity index (χ0n) is 7.71. The van der Waals surface area contributed by atoms with Gasteiger partial charge < -0.3 is 9.29 Å². The quantitative estimate of drug-likeness (QED) is 0.509. The third-order valence-corrected chi connectivity index (χ3v) is 1.75. The highest BCUT2D eigenvalue weighted by molar-refractivity contribution is 7.87. The van der Waals surface area contributed by atoms with Crippen LogP contribution >= 0.6 is 0 Å². The van der Waals surface area contributed by atoms with Gasteiger partial charge in [0.2, 0.25) is 0 Å². The summed E-state index contributed by atoms with van der Waals surface area (Å²) >= 11 is 0. The fourth-order valence-corrected chi connectivity index (χ4v) is 0.685. The highest BCUT2D eigenvalue weighted by atomic mass is 32.2. The van der Waals surface area contributed by atoms with Gasteiger partial charge in [-0.1, -0.05) is 0 Å². The van der Waals surface area contributed by atoms with Crippen molar-refractivity contribution >= 4 is 16.1 Å². The maximum atomic E-state index is 12.5. The second kappa shape index (κ2) is 3.43. The molecular formula is C6H9F2O5S-. The van der Waals surface area contributed by atoms with Crippen molar-refractivity contribution in [3.05, 3.63) is 0 Å². The van der Waals surface area contributed by atoms with Crippen LogP contribution in [0.4, 0.5) is 8.78 Å². The molecule has 0 saturated carbocycles. The van der Waals surface area contributed by atoms with E-state index in [0.717, 1.165) is 0 Å². The maximum absolute atomic E-state index is 12.5. The number of rotatable bonds is 2. The minimum atomic E-state index is -6.03. The van der Waals surface area contributed by atoms with E-state index in [1.165, 1.54) is 20.8 Å². The largest absolute Gasteiger partial charge is 0.743 e. The van der Waals surface area contributed by atoms with Crippen LogP contribution < -0.4 is 0 Å². The summed E-state index contributed by atoms with van der Waals surface area (Å²) in [5, 5.41) is -5.04. The molecule has 0 bridgehead atoms. The normalized spacial score (nSPS) is 13.9. The standard InChI is InChI=1S/C6H10F2O5S/c1-5(2,3)13-4(9)6(7,8)14(10,11)12/h1-3H3,(H,10,11,12)/p-1. The SMILES string of the molecule is CC(C)(C)OC(=O)C(F)(F)S(=O)(=O)[O-]. The van der Waals surface area contributed by atoms with E-state index in [1.807, 2.05) is 0 Å². The Kier molecular flexibility index (Phi) is 3.24. The van der Waals surface area contributed by atoms with E-state index in [1.54, 1.807) is 0 Å². The van der Waals surface area contributed by atoms with Gasteiger partial charge in [-0.25, -0.2) is 13.2 Å². The predicted molar refractivity (Wildman–Crippen MR) is 40.5 cm³/mol. The second-order valence-corrected chi connectivity index (χ2v) is 4.89. The van der Waals surface area contributed by atoms with Crippen molar-refractivity contribution in [2.45, 2.75) is 31.6 Å². The first-order chi connectivity index (χ1) is 5.88. The summed E-state index contributed by atoms with van der Waals surface area (Å²) in [6.45, 7) is 3.79. The van der Waals surface area contributed by atoms with Crippen LogP contribution in [-0.2, 0) is 19.6 Å². The van der Waals surface area contributed by atoms with Crippen LogP contribution in [0.25, 0.3) is 0 Å². The van der Waals surface area contributed by atoms with Crippen molar-refractivity contribution in [2.75, 3.05) is 0 Å². The molecule has 0 N–H and O–H groups in total. The van der Waals surface area contributed by atoms with Gasteiger partial charge in [0.1, 0.15) is 5.60 Å². The lowest BCUT2D eigenvalue weighted by molar-refractivity contribution is -0.173. The van der Waals surface area contributed by atoms with Gasteiger partial charge in [-0.3, -0.25) is 0 Å². The molecule has 0 atom stereocenters. The molecule has 0 aromatic carbocycles. The van der Waals surface area contributed by atoms with Crippen LogP contribution in [0.3, 0.4) is 0 Å². The molecule has 0 saturated heterocycles. The van der Waals surface area contributed by atoms with Gasteiger partial charge in [0.05, 0.1) is 0 Å². The smallest absolute Gasteiger partial charge is 0.428 e. The van der Waals surface area contributed by atoms with Crippen LogP contribution in [0, 0.1) is 0 Å². The number of alkyl halides is 2. The molecule has 0 fully saturated rings. The average molecular weight is 231 g/mol. The van der Waals surface area contributed by atoms with Crippen molar-refractivity contribution < 1.29 is 31.3 Å². The van der Waals surface area contributed by atoms with Gasteiger partial charge in [-0.2, -0.15) is 8.78 Å². The molecule has 0 radical (unpaired) electrons. The first-order valence-corrected chi connectivity index (χ1v) is 4.85. The molecule has 0 heterocycles. The van der Waals surface area contributed by atoms with Gasteiger partial charge in [0, 0.05) is 0 Å². The van der Waals surface area contributed by atoms with Crippen molar-refractivity contribution in [2.24, 2.45) is 0 Å².